The monoisotopic (exact) mass is 296 g/mol. The minimum Gasteiger partial charge on any atom is -0.351 e. The zero-order valence-electron chi connectivity index (χ0n) is 13.5. The lowest BCUT2D eigenvalue weighted by Gasteiger charge is -2.56. The largest absolute Gasteiger partial charge is 0.351 e. The average Bonchev–Trinajstić information content (AvgIpc) is 2.54. The lowest BCUT2D eigenvalue weighted by molar-refractivity contribution is -0.755. The number of pyridine rings is 1. The Labute approximate surface area is 131 Å². The summed E-state index contributed by atoms with van der Waals surface area (Å²) in [6.45, 7) is 4.49. The molecule has 0 amide bonds. The molecule has 0 saturated heterocycles. The van der Waals surface area contributed by atoms with Crippen LogP contribution in [0.2, 0.25) is 0 Å². The molecule has 1 aromatic heterocycles. The fraction of sp³-hybridized carbons (Fsp3) is 0.421. The summed E-state index contributed by atoms with van der Waals surface area (Å²) < 4.78 is 14.5. The van der Waals surface area contributed by atoms with Crippen LogP contribution in [-0.2, 0) is 9.47 Å². The molecule has 5 rings (SSSR count). The first-order valence-electron chi connectivity index (χ1n) is 7.77. The summed E-state index contributed by atoms with van der Waals surface area (Å²) in [6, 6.07) is 15.3. The smallest absolute Gasteiger partial charge is 0.196 e. The number of fused-ring (bicyclic) bond motifs is 1. The number of aromatic nitrogens is 1. The minimum absolute atomic E-state index is 0.0694. The molecule has 2 unspecified atom stereocenters. The predicted molar refractivity (Wildman–Crippen MR) is 83.6 cm³/mol. The first kappa shape index (κ1) is 13.9. The van der Waals surface area contributed by atoms with E-state index in [0.29, 0.717) is 0 Å². The Bertz CT molecular complexity index is 686. The molecule has 0 saturated carbocycles. The lowest BCUT2D eigenvalue weighted by Crippen LogP contribution is -2.71. The highest BCUT2D eigenvalue weighted by Crippen LogP contribution is 2.61. The zero-order valence-corrected chi connectivity index (χ0v) is 13.5. The maximum atomic E-state index is 6.06. The van der Waals surface area contributed by atoms with Crippen LogP contribution < -0.4 is 4.57 Å². The van der Waals surface area contributed by atoms with Gasteiger partial charge in [0.05, 0.1) is 5.41 Å². The second-order valence-corrected chi connectivity index (χ2v) is 6.79. The van der Waals surface area contributed by atoms with Crippen LogP contribution in [0.25, 0.3) is 0 Å². The minimum atomic E-state index is -0.659. The number of hydrogen-bond acceptors (Lipinski definition) is 2. The molecule has 3 aliphatic rings. The van der Waals surface area contributed by atoms with Crippen molar-refractivity contribution in [1.82, 2.24) is 0 Å². The Kier molecular flexibility index (Phi) is 2.78. The molecular weight excluding hydrogens is 274 g/mol. The molecule has 3 heteroatoms. The number of benzene rings is 1. The van der Waals surface area contributed by atoms with Gasteiger partial charge in [0, 0.05) is 31.9 Å². The van der Waals surface area contributed by atoms with Gasteiger partial charge in [0.15, 0.2) is 23.7 Å². The third kappa shape index (κ3) is 1.37. The van der Waals surface area contributed by atoms with E-state index in [0.717, 1.165) is 0 Å². The molecule has 22 heavy (non-hydrogen) atoms. The first-order chi connectivity index (χ1) is 10.6. The number of methoxy groups -OCH3 is 2. The predicted octanol–water partition coefficient (Wildman–Crippen LogP) is 3.04. The fourth-order valence-corrected chi connectivity index (χ4v) is 4.82. The van der Waals surface area contributed by atoms with Crippen LogP contribution in [0.3, 0.4) is 0 Å². The lowest BCUT2D eigenvalue weighted by atomic mass is 9.57. The maximum Gasteiger partial charge on any atom is 0.196 e. The highest BCUT2D eigenvalue weighted by molar-refractivity contribution is 5.45. The second-order valence-electron chi connectivity index (χ2n) is 6.79. The van der Waals surface area contributed by atoms with E-state index in [1.54, 1.807) is 14.2 Å². The van der Waals surface area contributed by atoms with E-state index in [4.69, 9.17) is 9.47 Å². The van der Waals surface area contributed by atoms with E-state index >= 15 is 0 Å². The van der Waals surface area contributed by atoms with Crippen LogP contribution in [0.1, 0.15) is 42.6 Å². The first-order valence-corrected chi connectivity index (χ1v) is 7.77. The van der Waals surface area contributed by atoms with Gasteiger partial charge in [-0.3, -0.25) is 0 Å². The third-order valence-electron chi connectivity index (χ3n) is 5.67. The number of rotatable bonds is 2. The normalized spacial score (nSPS) is 26.4. The van der Waals surface area contributed by atoms with E-state index in [1.807, 2.05) is 0 Å². The fourth-order valence-electron chi connectivity index (χ4n) is 4.82. The maximum absolute atomic E-state index is 6.06. The van der Waals surface area contributed by atoms with Gasteiger partial charge in [-0.25, -0.2) is 0 Å². The molecule has 114 valence electrons. The van der Waals surface area contributed by atoms with Gasteiger partial charge in [0.25, 0.3) is 0 Å². The molecule has 1 aliphatic carbocycles. The van der Waals surface area contributed by atoms with Gasteiger partial charge in [-0.05, 0) is 19.4 Å². The molecule has 2 aliphatic heterocycles. The van der Waals surface area contributed by atoms with E-state index < -0.39 is 5.79 Å². The molecule has 3 nitrogen and oxygen atoms in total. The van der Waals surface area contributed by atoms with Gasteiger partial charge in [0.2, 0.25) is 0 Å². The van der Waals surface area contributed by atoms with Crippen molar-refractivity contribution in [2.75, 3.05) is 14.2 Å². The standard InChI is InChI=1S/C19H22NO2/c1-18(2)17-14-10-6-5-9-13(14)16(19(18,21-3)22-4)15-11-7-8-12-20(15)17/h5-12,16-17H,1-4H3/q+1. The van der Waals surface area contributed by atoms with Gasteiger partial charge in [-0.2, -0.15) is 4.57 Å². The molecule has 0 spiro atoms. The van der Waals surface area contributed by atoms with Gasteiger partial charge >= 0.3 is 0 Å². The molecule has 0 fully saturated rings. The average molecular weight is 296 g/mol. The summed E-state index contributed by atoms with van der Waals surface area (Å²) in [5, 5.41) is 0. The van der Waals surface area contributed by atoms with E-state index in [-0.39, 0.29) is 17.4 Å². The highest BCUT2D eigenvalue weighted by atomic mass is 16.7. The van der Waals surface area contributed by atoms with Gasteiger partial charge in [0.1, 0.15) is 5.92 Å². The SMILES string of the molecule is COC1(OC)C2c3ccccc3C([n+]3ccccc32)C1(C)C. The third-order valence-corrected chi connectivity index (χ3v) is 5.67. The van der Waals surface area contributed by atoms with Gasteiger partial charge < -0.3 is 9.47 Å². The van der Waals surface area contributed by atoms with Crippen LogP contribution in [0.15, 0.2) is 48.7 Å². The molecule has 3 heterocycles. The summed E-state index contributed by atoms with van der Waals surface area (Å²) in [7, 11) is 3.53. The van der Waals surface area contributed by atoms with E-state index in [1.165, 1.54) is 16.8 Å². The van der Waals surface area contributed by atoms with Crippen LogP contribution in [-0.4, -0.2) is 20.0 Å². The van der Waals surface area contributed by atoms with Gasteiger partial charge in [-0.1, -0.05) is 30.3 Å². The molecule has 2 atom stereocenters. The molecular formula is C19H22NO2+. The zero-order chi connectivity index (χ0) is 15.5. The Morgan fingerprint density at radius 1 is 0.909 bits per heavy atom. The molecule has 2 bridgehead atoms. The van der Waals surface area contributed by atoms with Crippen LogP contribution in [0.4, 0.5) is 0 Å². The van der Waals surface area contributed by atoms with Crippen molar-refractivity contribution < 1.29 is 14.0 Å². The van der Waals surface area contributed by atoms with Crippen molar-refractivity contribution in [2.45, 2.75) is 31.6 Å². The van der Waals surface area contributed by atoms with Crippen LogP contribution in [0.5, 0.6) is 0 Å². The van der Waals surface area contributed by atoms with Crippen molar-refractivity contribution >= 4 is 0 Å². The van der Waals surface area contributed by atoms with Crippen molar-refractivity contribution in [3.05, 3.63) is 65.5 Å². The number of nitrogens with zero attached hydrogens (tertiary/aromatic N) is 1. The Morgan fingerprint density at radius 3 is 2.23 bits per heavy atom. The van der Waals surface area contributed by atoms with Crippen molar-refractivity contribution in [3.63, 3.8) is 0 Å². The highest BCUT2D eigenvalue weighted by Gasteiger charge is 2.69. The molecule has 1 aromatic carbocycles. The summed E-state index contributed by atoms with van der Waals surface area (Å²) in [6.07, 6.45) is 2.18. The summed E-state index contributed by atoms with van der Waals surface area (Å²) in [5.41, 5.74) is 3.77. The Hall–Kier alpha value is -1.71. The topological polar surface area (TPSA) is 22.3 Å². The summed E-state index contributed by atoms with van der Waals surface area (Å²) >= 11 is 0. The van der Waals surface area contributed by atoms with Crippen molar-refractivity contribution in [2.24, 2.45) is 5.41 Å². The second kappa shape index (κ2) is 4.40. The van der Waals surface area contributed by atoms with Crippen LogP contribution >= 0.6 is 0 Å². The Morgan fingerprint density at radius 2 is 1.55 bits per heavy atom. The van der Waals surface area contributed by atoms with E-state index in [2.05, 4.69) is 67.1 Å². The van der Waals surface area contributed by atoms with Crippen molar-refractivity contribution in [3.8, 4) is 0 Å². The van der Waals surface area contributed by atoms with Crippen LogP contribution in [0, 0.1) is 5.41 Å². The molecule has 2 aromatic rings. The summed E-state index contributed by atoms with van der Waals surface area (Å²) in [5.74, 6) is -0.590. The summed E-state index contributed by atoms with van der Waals surface area (Å²) in [4.78, 5) is 0. The van der Waals surface area contributed by atoms with Crippen molar-refractivity contribution in [1.29, 1.82) is 0 Å². The quantitative estimate of drug-likeness (QED) is 0.628. The molecule has 0 N–H and O–H groups in total. The Balaban J connectivity index is 2.12. The number of hydrogen-bond donors (Lipinski definition) is 0. The molecule has 0 radical (unpaired) electrons. The van der Waals surface area contributed by atoms with E-state index in [9.17, 15) is 0 Å². The number of ether oxygens (including phenoxy) is 2. The van der Waals surface area contributed by atoms with Gasteiger partial charge in [-0.15, -0.1) is 0 Å².